The van der Waals surface area contributed by atoms with Gasteiger partial charge >= 0.3 is 0 Å². The first-order valence-electron chi connectivity index (χ1n) is 8.09. The molecule has 0 radical (unpaired) electrons. The third-order valence-electron chi connectivity index (χ3n) is 4.83. The Labute approximate surface area is 147 Å². The highest BCUT2D eigenvalue weighted by molar-refractivity contribution is 7.91. The summed E-state index contributed by atoms with van der Waals surface area (Å²) in [5.74, 6) is -2.04. The molecule has 25 heavy (non-hydrogen) atoms. The molecular formula is C17H24F2N2O3S. The molecule has 140 valence electrons. The summed E-state index contributed by atoms with van der Waals surface area (Å²) in [4.78, 5) is 15.9. The number of amides is 1. The van der Waals surface area contributed by atoms with E-state index in [9.17, 15) is 22.0 Å². The van der Waals surface area contributed by atoms with Gasteiger partial charge in [0.2, 0.25) is 5.91 Å². The molecule has 8 heteroatoms. The summed E-state index contributed by atoms with van der Waals surface area (Å²) in [6.45, 7) is 5.71. The van der Waals surface area contributed by atoms with E-state index in [2.05, 4.69) is 0 Å². The highest BCUT2D eigenvalue weighted by Crippen LogP contribution is 2.24. The van der Waals surface area contributed by atoms with Crippen molar-refractivity contribution in [3.63, 3.8) is 0 Å². The van der Waals surface area contributed by atoms with Crippen LogP contribution in [0.2, 0.25) is 0 Å². The zero-order chi connectivity index (χ0) is 19.0. The van der Waals surface area contributed by atoms with Crippen molar-refractivity contribution in [1.82, 2.24) is 9.80 Å². The molecule has 2 rings (SSSR count). The van der Waals surface area contributed by atoms with Crippen molar-refractivity contribution >= 4 is 15.7 Å². The Hall–Kier alpha value is -1.54. The molecule has 1 unspecified atom stereocenters. The Balaban J connectivity index is 2.08. The zero-order valence-electron chi connectivity index (χ0n) is 14.9. The van der Waals surface area contributed by atoms with Crippen molar-refractivity contribution < 1.29 is 22.0 Å². The lowest BCUT2D eigenvalue weighted by Gasteiger charge is -2.42. The first kappa shape index (κ1) is 19.8. The molecule has 1 aromatic carbocycles. The minimum absolute atomic E-state index is 0.00964. The van der Waals surface area contributed by atoms with Crippen molar-refractivity contribution in [2.45, 2.75) is 32.4 Å². The fourth-order valence-electron chi connectivity index (χ4n) is 3.03. The number of hydrogen-bond acceptors (Lipinski definition) is 4. The van der Waals surface area contributed by atoms with Crippen LogP contribution in [0, 0.1) is 11.6 Å². The van der Waals surface area contributed by atoms with Crippen LogP contribution in [0.3, 0.4) is 0 Å². The molecule has 0 bridgehead atoms. The van der Waals surface area contributed by atoms with Gasteiger partial charge in [0.25, 0.3) is 0 Å². The van der Waals surface area contributed by atoms with Crippen LogP contribution in [-0.4, -0.2) is 61.3 Å². The summed E-state index contributed by atoms with van der Waals surface area (Å²) in [5, 5.41) is 0. The number of rotatable bonds is 4. The summed E-state index contributed by atoms with van der Waals surface area (Å²) < 4.78 is 50.1. The van der Waals surface area contributed by atoms with Gasteiger partial charge in [0.05, 0.1) is 24.1 Å². The molecule has 0 N–H and O–H groups in total. The van der Waals surface area contributed by atoms with Gasteiger partial charge in [0, 0.05) is 19.1 Å². The molecule has 0 spiro atoms. The van der Waals surface area contributed by atoms with E-state index in [1.165, 1.54) is 11.0 Å². The van der Waals surface area contributed by atoms with E-state index >= 15 is 0 Å². The monoisotopic (exact) mass is 374 g/mol. The van der Waals surface area contributed by atoms with Gasteiger partial charge in [-0.25, -0.2) is 17.2 Å². The predicted molar refractivity (Wildman–Crippen MR) is 91.8 cm³/mol. The SMILES string of the molecule is CC(c1ccc(F)c(F)c1)N(C)C(=O)CN1CCS(=O)(=O)CC1(C)C. The second-order valence-electron chi connectivity index (χ2n) is 7.18. The lowest BCUT2D eigenvalue weighted by atomic mass is 10.0. The Morgan fingerprint density at radius 3 is 2.52 bits per heavy atom. The van der Waals surface area contributed by atoms with Gasteiger partial charge in [0.1, 0.15) is 0 Å². The average Bonchev–Trinajstić information content (AvgIpc) is 2.50. The maximum absolute atomic E-state index is 13.4. The van der Waals surface area contributed by atoms with Crippen LogP contribution < -0.4 is 0 Å². The fourth-order valence-corrected chi connectivity index (χ4v) is 4.94. The standard InChI is InChI=1S/C17H24F2N2O3S/c1-12(13-5-6-14(18)15(19)9-13)20(4)16(22)10-21-7-8-25(23,24)11-17(21,2)3/h5-6,9,12H,7-8,10-11H2,1-4H3. The largest absolute Gasteiger partial charge is 0.338 e. The first-order chi connectivity index (χ1) is 11.4. The molecular weight excluding hydrogens is 350 g/mol. The summed E-state index contributed by atoms with van der Waals surface area (Å²) in [5.41, 5.74) is -0.131. The van der Waals surface area contributed by atoms with E-state index < -0.39 is 33.1 Å². The number of likely N-dealkylation sites (N-methyl/N-ethyl adjacent to an activating group) is 1. The maximum Gasteiger partial charge on any atom is 0.237 e. The molecule has 1 amide bonds. The van der Waals surface area contributed by atoms with Gasteiger partial charge in [-0.05, 0) is 38.5 Å². The van der Waals surface area contributed by atoms with Crippen LogP contribution in [0.4, 0.5) is 8.78 Å². The molecule has 1 atom stereocenters. The number of halogens is 2. The Kier molecular flexibility index (Phi) is 5.53. The second kappa shape index (κ2) is 6.99. The van der Waals surface area contributed by atoms with Gasteiger partial charge < -0.3 is 4.90 Å². The molecule has 0 aromatic heterocycles. The van der Waals surface area contributed by atoms with Gasteiger partial charge in [0.15, 0.2) is 21.5 Å². The first-order valence-corrected chi connectivity index (χ1v) is 9.91. The van der Waals surface area contributed by atoms with Crippen LogP contribution in [0.1, 0.15) is 32.4 Å². The number of benzene rings is 1. The zero-order valence-corrected chi connectivity index (χ0v) is 15.7. The number of hydrogen-bond donors (Lipinski definition) is 0. The highest BCUT2D eigenvalue weighted by atomic mass is 32.2. The van der Waals surface area contributed by atoms with Crippen molar-refractivity contribution in [1.29, 1.82) is 0 Å². The van der Waals surface area contributed by atoms with E-state index in [1.807, 2.05) is 4.90 Å². The molecule has 1 saturated heterocycles. The number of carbonyl (C=O) groups excluding carboxylic acids is 1. The molecule has 0 saturated carbocycles. The van der Waals surface area contributed by atoms with Crippen LogP contribution in [0.5, 0.6) is 0 Å². The van der Waals surface area contributed by atoms with Gasteiger partial charge in [-0.15, -0.1) is 0 Å². The number of nitrogens with zero attached hydrogens (tertiary/aromatic N) is 2. The molecule has 1 aliphatic rings. The highest BCUT2D eigenvalue weighted by Gasteiger charge is 2.38. The number of sulfone groups is 1. The van der Waals surface area contributed by atoms with E-state index in [0.717, 1.165) is 12.1 Å². The van der Waals surface area contributed by atoms with Crippen molar-refractivity contribution in [3.8, 4) is 0 Å². The minimum Gasteiger partial charge on any atom is -0.338 e. The quantitative estimate of drug-likeness (QED) is 0.809. The topological polar surface area (TPSA) is 57.7 Å². The third-order valence-corrected chi connectivity index (χ3v) is 6.78. The molecule has 0 aliphatic carbocycles. The normalized spacial score (nSPS) is 20.9. The molecule has 1 fully saturated rings. The van der Waals surface area contributed by atoms with Crippen LogP contribution in [-0.2, 0) is 14.6 Å². The van der Waals surface area contributed by atoms with Gasteiger partial charge in [-0.1, -0.05) is 6.07 Å². The Morgan fingerprint density at radius 1 is 1.32 bits per heavy atom. The van der Waals surface area contributed by atoms with Crippen molar-refractivity contribution in [3.05, 3.63) is 35.4 Å². The summed E-state index contributed by atoms with van der Waals surface area (Å²) in [6.07, 6.45) is 0. The number of carbonyl (C=O) groups is 1. The van der Waals surface area contributed by atoms with E-state index in [-0.39, 0.29) is 24.0 Å². The summed E-state index contributed by atoms with van der Waals surface area (Å²) in [7, 11) is -1.49. The predicted octanol–water partition coefficient (Wildman–Crippen LogP) is 1.99. The summed E-state index contributed by atoms with van der Waals surface area (Å²) >= 11 is 0. The third kappa shape index (κ3) is 4.55. The average molecular weight is 374 g/mol. The van der Waals surface area contributed by atoms with E-state index in [1.54, 1.807) is 27.8 Å². The Bertz CT molecular complexity index is 765. The minimum atomic E-state index is -3.09. The van der Waals surface area contributed by atoms with Crippen LogP contribution >= 0.6 is 0 Å². The molecule has 1 aromatic rings. The molecule has 1 aliphatic heterocycles. The molecule has 5 nitrogen and oxygen atoms in total. The van der Waals surface area contributed by atoms with E-state index in [0.29, 0.717) is 12.1 Å². The molecule has 1 heterocycles. The van der Waals surface area contributed by atoms with E-state index in [4.69, 9.17) is 0 Å². The smallest absolute Gasteiger partial charge is 0.237 e. The van der Waals surface area contributed by atoms with Gasteiger partial charge in [-0.2, -0.15) is 0 Å². The summed E-state index contributed by atoms with van der Waals surface area (Å²) in [6, 6.07) is 3.14. The lowest BCUT2D eigenvalue weighted by molar-refractivity contribution is -0.134. The fraction of sp³-hybridized carbons (Fsp3) is 0.588. The van der Waals surface area contributed by atoms with Crippen molar-refractivity contribution in [2.75, 3.05) is 31.6 Å². The maximum atomic E-state index is 13.4. The Morgan fingerprint density at radius 2 is 1.96 bits per heavy atom. The lowest BCUT2D eigenvalue weighted by Crippen LogP contribution is -2.57. The van der Waals surface area contributed by atoms with Gasteiger partial charge in [-0.3, -0.25) is 9.69 Å². The second-order valence-corrected chi connectivity index (χ2v) is 9.36. The van der Waals surface area contributed by atoms with Crippen LogP contribution in [0.25, 0.3) is 0 Å². The van der Waals surface area contributed by atoms with Crippen molar-refractivity contribution in [2.24, 2.45) is 0 Å². The van der Waals surface area contributed by atoms with Crippen LogP contribution in [0.15, 0.2) is 18.2 Å².